The average molecular weight is 249 g/mol. The van der Waals surface area contributed by atoms with Gasteiger partial charge in [0.1, 0.15) is 5.82 Å². The van der Waals surface area contributed by atoms with Crippen molar-refractivity contribution in [3.63, 3.8) is 0 Å². The van der Waals surface area contributed by atoms with Crippen LogP contribution in [-0.2, 0) is 13.5 Å². The van der Waals surface area contributed by atoms with Crippen LogP contribution in [0.3, 0.4) is 0 Å². The molecule has 100 valence electrons. The van der Waals surface area contributed by atoms with Gasteiger partial charge < -0.3 is 16.0 Å². The van der Waals surface area contributed by atoms with E-state index < -0.39 is 0 Å². The molecule has 1 unspecified atom stereocenters. The van der Waals surface area contributed by atoms with Gasteiger partial charge in [0, 0.05) is 19.6 Å². The molecule has 3 aliphatic rings. The molecule has 1 aromatic rings. The Morgan fingerprint density at radius 3 is 2.61 bits per heavy atom. The van der Waals surface area contributed by atoms with Gasteiger partial charge in [0.2, 0.25) is 0 Å². The van der Waals surface area contributed by atoms with Crippen molar-refractivity contribution in [1.29, 1.82) is 0 Å². The molecule has 0 radical (unpaired) electrons. The Labute approximate surface area is 108 Å². The molecule has 2 bridgehead atoms. The van der Waals surface area contributed by atoms with Gasteiger partial charge in [-0.2, -0.15) is 5.10 Å². The summed E-state index contributed by atoms with van der Waals surface area (Å²) in [6.45, 7) is 5.78. The first-order valence-electron chi connectivity index (χ1n) is 6.99. The summed E-state index contributed by atoms with van der Waals surface area (Å²) in [6.07, 6.45) is 3.52. The lowest BCUT2D eigenvalue weighted by molar-refractivity contribution is 0.0972. The van der Waals surface area contributed by atoms with Gasteiger partial charge >= 0.3 is 0 Å². The monoisotopic (exact) mass is 249 g/mol. The zero-order chi connectivity index (χ0) is 12.7. The zero-order valence-electron chi connectivity index (χ0n) is 11.3. The van der Waals surface area contributed by atoms with Crippen LogP contribution in [0.2, 0.25) is 0 Å². The van der Waals surface area contributed by atoms with Crippen molar-refractivity contribution < 1.29 is 0 Å². The van der Waals surface area contributed by atoms with Crippen LogP contribution >= 0.6 is 0 Å². The molecule has 3 saturated heterocycles. The number of nitrogens with one attached hydrogen (secondary N) is 1. The fraction of sp³-hybridized carbons (Fsp3) is 0.769. The summed E-state index contributed by atoms with van der Waals surface area (Å²) in [4.78, 5) is 2.55. The molecule has 4 rings (SSSR count). The van der Waals surface area contributed by atoms with Crippen LogP contribution in [0.5, 0.6) is 0 Å². The number of nitrogen functional groups attached to an aromatic ring is 1. The maximum Gasteiger partial charge on any atom is 0.148 e. The number of piperidine rings is 3. The van der Waals surface area contributed by atoms with Gasteiger partial charge in [0.25, 0.3) is 0 Å². The summed E-state index contributed by atoms with van der Waals surface area (Å²) < 4.78 is 1.89. The number of rotatable bonds is 3. The van der Waals surface area contributed by atoms with Gasteiger partial charge in [-0.25, -0.2) is 0 Å². The third-order valence-corrected chi connectivity index (χ3v) is 4.47. The maximum absolute atomic E-state index is 6.17. The van der Waals surface area contributed by atoms with Crippen LogP contribution in [0, 0.1) is 5.92 Å². The highest BCUT2D eigenvalue weighted by Gasteiger charge is 2.34. The lowest BCUT2D eigenvalue weighted by atomic mass is 9.84. The van der Waals surface area contributed by atoms with E-state index in [9.17, 15) is 0 Å². The molecule has 0 saturated carbocycles. The van der Waals surface area contributed by atoms with Crippen LogP contribution in [0.15, 0.2) is 0 Å². The Kier molecular flexibility index (Phi) is 2.93. The first-order chi connectivity index (χ1) is 8.69. The average Bonchev–Trinajstić information content (AvgIpc) is 2.68. The van der Waals surface area contributed by atoms with Crippen molar-refractivity contribution in [2.45, 2.75) is 32.2 Å². The Morgan fingerprint density at radius 1 is 1.39 bits per heavy atom. The summed E-state index contributed by atoms with van der Waals surface area (Å²) in [5.41, 5.74) is 8.00. The predicted octanol–water partition coefficient (Wildman–Crippen LogP) is 1.07. The normalized spacial score (nSPS) is 30.7. The quantitative estimate of drug-likeness (QED) is 0.841. The minimum atomic E-state index is 0.537. The number of hydrogen-bond donors (Lipinski definition) is 2. The summed E-state index contributed by atoms with van der Waals surface area (Å²) >= 11 is 0. The predicted molar refractivity (Wildman–Crippen MR) is 73.6 cm³/mol. The number of aromatic nitrogens is 2. The van der Waals surface area contributed by atoms with Crippen molar-refractivity contribution in [1.82, 2.24) is 14.7 Å². The minimum absolute atomic E-state index is 0.537. The highest BCUT2D eigenvalue weighted by Crippen LogP contribution is 2.31. The Morgan fingerprint density at radius 2 is 2.11 bits per heavy atom. The highest BCUT2D eigenvalue weighted by molar-refractivity contribution is 5.65. The number of aryl methyl sites for hydroxylation is 2. The van der Waals surface area contributed by atoms with Crippen molar-refractivity contribution in [3.05, 3.63) is 5.69 Å². The SMILES string of the molecule is CCc1nn(C)c(NC2CN3CCC2CC3)c1N. The largest absolute Gasteiger partial charge is 0.394 e. The van der Waals surface area contributed by atoms with E-state index >= 15 is 0 Å². The first kappa shape index (κ1) is 11.8. The molecule has 4 heterocycles. The van der Waals surface area contributed by atoms with Crippen molar-refractivity contribution >= 4 is 11.5 Å². The summed E-state index contributed by atoms with van der Waals surface area (Å²) in [7, 11) is 1.97. The molecule has 5 heteroatoms. The van der Waals surface area contributed by atoms with E-state index in [1.165, 1.54) is 25.9 Å². The van der Waals surface area contributed by atoms with E-state index in [0.717, 1.165) is 36.1 Å². The van der Waals surface area contributed by atoms with Gasteiger partial charge in [0.05, 0.1) is 11.4 Å². The number of fused-ring (bicyclic) bond motifs is 3. The van der Waals surface area contributed by atoms with Gasteiger partial charge in [-0.1, -0.05) is 6.92 Å². The second kappa shape index (κ2) is 4.46. The number of nitrogens with zero attached hydrogens (tertiary/aromatic N) is 3. The smallest absolute Gasteiger partial charge is 0.148 e. The molecule has 5 nitrogen and oxygen atoms in total. The second-order valence-electron chi connectivity index (χ2n) is 5.58. The molecule has 3 aliphatic heterocycles. The topological polar surface area (TPSA) is 59.1 Å². The van der Waals surface area contributed by atoms with Crippen LogP contribution in [0.25, 0.3) is 0 Å². The summed E-state index contributed by atoms with van der Waals surface area (Å²) in [6, 6.07) is 0.537. The molecule has 0 spiro atoms. The van der Waals surface area contributed by atoms with Crippen molar-refractivity contribution in [2.24, 2.45) is 13.0 Å². The van der Waals surface area contributed by atoms with Crippen molar-refractivity contribution in [3.8, 4) is 0 Å². The first-order valence-corrected chi connectivity index (χ1v) is 6.99. The van der Waals surface area contributed by atoms with E-state index in [1.54, 1.807) is 0 Å². The van der Waals surface area contributed by atoms with Crippen LogP contribution in [0.1, 0.15) is 25.5 Å². The van der Waals surface area contributed by atoms with Gasteiger partial charge in [0.15, 0.2) is 0 Å². The lowest BCUT2D eigenvalue weighted by Gasteiger charge is -2.45. The fourth-order valence-corrected chi connectivity index (χ4v) is 3.33. The zero-order valence-corrected chi connectivity index (χ0v) is 11.3. The van der Waals surface area contributed by atoms with E-state index in [2.05, 4.69) is 22.2 Å². The fourth-order valence-electron chi connectivity index (χ4n) is 3.33. The highest BCUT2D eigenvalue weighted by atomic mass is 15.3. The number of anilines is 2. The molecule has 0 aliphatic carbocycles. The Balaban J connectivity index is 1.78. The molecule has 1 aromatic heterocycles. The Bertz CT molecular complexity index is 431. The Hall–Kier alpha value is -1.23. The molecular formula is C13H23N5. The molecule has 0 amide bonds. The molecule has 3 N–H and O–H groups in total. The van der Waals surface area contributed by atoms with Crippen LogP contribution in [-0.4, -0.2) is 40.4 Å². The summed E-state index contributed by atoms with van der Waals surface area (Å²) in [5, 5.41) is 8.11. The summed E-state index contributed by atoms with van der Waals surface area (Å²) in [5.74, 6) is 1.81. The van der Waals surface area contributed by atoms with Crippen LogP contribution in [0.4, 0.5) is 11.5 Å². The van der Waals surface area contributed by atoms with E-state index in [1.807, 2.05) is 11.7 Å². The minimum Gasteiger partial charge on any atom is -0.394 e. The van der Waals surface area contributed by atoms with Crippen LogP contribution < -0.4 is 11.1 Å². The number of nitrogens with two attached hydrogens (primary N) is 1. The lowest BCUT2D eigenvalue weighted by Crippen LogP contribution is -2.53. The van der Waals surface area contributed by atoms with Gasteiger partial charge in [-0.3, -0.25) is 4.68 Å². The number of hydrogen-bond acceptors (Lipinski definition) is 4. The molecule has 1 atom stereocenters. The second-order valence-corrected chi connectivity index (χ2v) is 5.58. The van der Waals surface area contributed by atoms with E-state index in [0.29, 0.717) is 6.04 Å². The third kappa shape index (κ3) is 1.86. The molecule has 3 fully saturated rings. The van der Waals surface area contributed by atoms with Gasteiger partial charge in [-0.05, 0) is 38.3 Å². The maximum atomic E-state index is 6.17. The standard InChI is InChI=1S/C13H23N5/c1-3-10-12(14)13(17(2)16-10)15-11-8-18-6-4-9(11)5-7-18/h9,11,15H,3-8,14H2,1-2H3. The van der Waals surface area contributed by atoms with Crippen molar-refractivity contribution in [2.75, 3.05) is 30.7 Å². The van der Waals surface area contributed by atoms with Gasteiger partial charge in [-0.15, -0.1) is 0 Å². The van der Waals surface area contributed by atoms with E-state index in [4.69, 9.17) is 5.73 Å². The third-order valence-electron chi connectivity index (χ3n) is 4.47. The molecule has 0 aromatic carbocycles. The molecule has 18 heavy (non-hydrogen) atoms. The van der Waals surface area contributed by atoms with E-state index in [-0.39, 0.29) is 0 Å². The molecular weight excluding hydrogens is 226 g/mol.